The van der Waals surface area contributed by atoms with E-state index >= 15 is 0 Å². The maximum absolute atomic E-state index is 13.0. The van der Waals surface area contributed by atoms with Gasteiger partial charge in [0.25, 0.3) is 0 Å². The van der Waals surface area contributed by atoms with Crippen molar-refractivity contribution in [2.45, 2.75) is 20.5 Å². The van der Waals surface area contributed by atoms with Crippen molar-refractivity contribution in [1.29, 1.82) is 0 Å². The number of rotatable bonds is 4. The molecule has 0 heterocycles. The highest BCUT2D eigenvalue weighted by atomic mass is 35.5. The largest absolute Gasteiger partial charge is 0.488 e. The van der Waals surface area contributed by atoms with Gasteiger partial charge in [0.2, 0.25) is 0 Å². The first-order valence-electron chi connectivity index (χ1n) is 6.14. The second-order valence-corrected chi connectivity index (χ2v) is 5.03. The topological polar surface area (TPSA) is 26.3 Å². The van der Waals surface area contributed by atoms with Crippen LogP contribution in [0.15, 0.2) is 30.3 Å². The van der Waals surface area contributed by atoms with E-state index in [1.807, 2.05) is 13.8 Å². The Hall–Kier alpha value is -1.87. The molecule has 4 heteroatoms. The lowest BCUT2D eigenvalue weighted by Crippen LogP contribution is -2.01. The molecule has 2 rings (SSSR count). The smallest absolute Gasteiger partial charge is 0.150 e. The Labute approximate surface area is 122 Å². The number of aryl methyl sites for hydroxylation is 2. The maximum atomic E-state index is 13.0. The molecule has 2 aromatic rings. The molecule has 0 aliphatic rings. The van der Waals surface area contributed by atoms with E-state index in [4.69, 9.17) is 16.3 Å². The second-order valence-electron chi connectivity index (χ2n) is 4.63. The van der Waals surface area contributed by atoms with Crippen molar-refractivity contribution >= 4 is 17.9 Å². The first-order valence-corrected chi connectivity index (χ1v) is 6.52. The average Bonchev–Trinajstić information content (AvgIpc) is 2.39. The molecule has 20 heavy (non-hydrogen) atoms. The molecule has 104 valence electrons. The monoisotopic (exact) mass is 292 g/mol. The van der Waals surface area contributed by atoms with Gasteiger partial charge in [-0.1, -0.05) is 17.7 Å². The minimum absolute atomic E-state index is 0.251. The summed E-state index contributed by atoms with van der Waals surface area (Å²) < 4.78 is 18.7. The standard InChI is InChI=1S/C16H14ClFO2/c1-10-5-12(8-19)6-11(2)16(10)20-9-13-3-4-14(18)7-15(13)17/h3-8H,9H2,1-2H3. The highest BCUT2D eigenvalue weighted by Gasteiger charge is 2.08. The van der Waals surface area contributed by atoms with Crippen molar-refractivity contribution in [3.05, 3.63) is 63.4 Å². The SMILES string of the molecule is Cc1cc(C=O)cc(C)c1OCc1ccc(F)cc1Cl. The molecule has 0 bridgehead atoms. The Morgan fingerprint density at radius 2 is 1.85 bits per heavy atom. The summed E-state index contributed by atoms with van der Waals surface area (Å²) in [6.07, 6.45) is 0.806. The Bertz CT molecular complexity index is 630. The summed E-state index contributed by atoms with van der Waals surface area (Å²) in [5.74, 6) is 0.345. The number of halogens is 2. The Kier molecular flexibility index (Phi) is 4.40. The number of hydrogen-bond acceptors (Lipinski definition) is 2. The lowest BCUT2D eigenvalue weighted by molar-refractivity contribution is 0.112. The molecular weight excluding hydrogens is 279 g/mol. The van der Waals surface area contributed by atoms with Crippen LogP contribution in [-0.4, -0.2) is 6.29 Å². The zero-order chi connectivity index (χ0) is 14.7. The second kappa shape index (κ2) is 6.06. The highest BCUT2D eigenvalue weighted by Crippen LogP contribution is 2.26. The van der Waals surface area contributed by atoms with Crippen molar-refractivity contribution in [2.75, 3.05) is 0 Å². The summed E-state index contributed by atoms with van der Waals surface area (Å²) in [5, 5.41) is 0.338. The van der Waals surface area contributed by atoms with Crippen molar-refractivity contribution in [1.82, 2.24) is 0 Å². The predicted molar refractivity (Wildman–Crippen MR) is 77.0 cm³/mol. The van der Waals surface area contributed by atoms with E-state index in [2.05, 4.69) is 0 Å². The van der Waals surface area contributed by atoms with Crippen molar-refractivity contribution in [3.8, 4) is 5.75 Å². The quantitative estimate of drug-likeness (QED) is 0.776. The lowest BCUT2D eigenvalue weighted by Gasteiger charge is -2.13. The van der Waals surface area contributed by atoms with Crippen LogP contribution in [0.3, 0.4) is 0 Å². The number of carbonyl (C=O) groups is 1. The number of ether oxygens (including phenoxy) is 1. The van der Waals surface area contributed by atoms with E-state index in [1.165, 1.54) is 12.1 Å². The minimum Gasteiger partial charge on any atom is -0.488 e. The molecule has 0 aromatic heterocycles. The van der Waals surface area contributed by atoms with Crippen LogP contribution in [-0.2, 0) is 6.61 Å². The fraction of sp³-hybridized carbons (Fsp3) is 0.188. The molecule has 2 nitrogen and oxygen atoms in total. The normalized spacial score (nSPS) is 10.4. The third kappa shape index (κ3) is 3.17. The Morgan fingerprint density at radius 3 is 2.40 bits per heavy atom. The van der Waals surface area contributed by atoms with Gasteiger partial charge in [0, 0.05) is 11.1 Å². The van der Waals surface area contributed by atoms with Gasteiger partial charge in [-0.25, -0.2) is 4.39 Å². The van der Waals surface area contributed by atoms with Crippen LogP contribution in [0.2, 0.25) is 5.02 Å². The minimum atomic E-state index is -0.374. The van der Waals surface area contributed by atoms with Crippen LogP contribution in [0.5, 0.6) is 5.75 Å². The zero-order valence-electron chi connectivity index (χ0n) is 11.2. The molecule has 2 aromatic carbocycles. The number of benzene rings is 2. The number of hydrogen-bond donors (Lipinski definition) is 0. The third-order valence-corrected chi connectivity index (χ3v) is 3.36. The van der Waals surface area contributed by atoms with Gasteiger partial charge in [-0.15, -0.1) is 0 Å². The van der Waals surface area contributed by atoms with Crippen molar-refractivity contribution in [3.63, 3.8) is 0 Å². The van der Waals surface area contributed by atoms with Gasteiger partial charge in [0.1, 0.15) is 24.5 Å². The van der Waals surface area contributed by atoms with Gasteiger partial charge in [-0.2, -0.15) is 0 Å². The molecule has 0 aliphatic carbocycles. The van der Waals surface area contributed by atoms with Gasteiger partial charge in [-0.3, -0.25) is 4.79 Å². The first-order chi connectivity index (χ1) is 9.51. The van der Waals surface area contributed by atoms with Gasteiger partial charge < -0.3 is 4.74 Å². The molecule has 0 saturated heterocycles. The summed E-state index contributed by atoms with van der Waals surface area (Å²) >= 11 is 5.96. The lowest BCUT2D eigenvalue weighted by atomic mass is 10.1. The van der Waals surface area contributed by atoms with E-state index in [1.54, 1.807) is 18.2 Å². The molecule has 0 N–H and O–H groups in total. The highest BCUT2D eigenvalue weighted by molar-refractivity contribution is 6.31. The summed E-state index contributed by atoms with van der Waals surface area (Å²) in [6, 6.07) is 7.74. The van der Waals surface area contributed by atoms with Crippen LogP contribution in [0, 0.1) is 19.7 Å². The molecule has 0 amide bonds. The van der Waals surface area contributed by atoms with E-state index < -0.39 is 0 Å². The number of aldehydes is 1. The summed E-state index contributed by atoms with van der Waals surface area (Å²) in [5.41, 5.74) is 3.09. The van der Waals surface area contributed by atoms with Crippen LogP contribution in [0.4, 0.5) is 4.39 Å². The molecule has 0 fully saturated rings. The maximum Gasteiger partial charge on any atom is 0.150 e. The van der Waals surface area contributed by atoms with Gasteiger partial charge >= 0.3 is 0 Å². The number of carbonyl (C=O) groups excluding carboxylic acids is 1. The zero-order valence-corrected chi connectivity index (χ0v) is 12.0. The van der Waals surface area contributed by atoms with E-state index in [-0.39, 0.29) is 12.4 Å². The molecule has 0 unspecified atom stereocenters. The first kappa shape index (κ1) is 14.5. The summed E-state index contributed by atoms with van der Waals surface area (Å²) in [7, 11) is 0. The Morgan fingerprint density at radius 1 is 1.20 bits per heavy atom. The van der Waals surface area contributed by atoms with Gasteiger partial charge in [0.15, 0.2) is 0 Å². The van der Waals surface area contributed by atoms with E-state index in [9.17, 15) is 9.18 Å². The summed E-state index contributed by atoms with van der Waals surface area (Å²) in [4.78, 5) is 10.8. The average molecular weight is 293 g/mol. The van der Waals surface area contributed by atoms with Crippen molar-refractivity contribution in [2.24, 2.45) is 0 Å². The molecule has 0 spiro atoms. The van der Waals surface area contributed by atoms with E-state index in [0.717, 1.165) is 23.2 Å². The molecule has 0 saturated carbocycles. The molecule has 0 radical (unpaired) electrons. The molecule has 0 atom stereocenters. The fourth-order valence-corrected chi connectivity index (χ4v) is 2.29. The molecular formula is C16H14ClFO2. The van der Waals surface area contributed by atoms with Crippen LogP contribution < -0.4 is 4.74 Å². The van der Waals surface area contributed by atoms with Crippen molar-refractivity contribution < 1.29 is 13.9 Å². The molecule has 0 aliphatic heterocycles. The summed E-state index contributed by atoms with van der Waals surface area (Å²) in [6.45, 7) is 4.00. The van der Waals surface area contributed by atoms with Crippen LogP contribution in [0.1, 0.15) is 27.0 Å². The fourth-order valence-electron chi connectivity index (χ4n) is 2.07. The predicted octanol–water partition coefficient (Wildman–Crippen LogP) is 4.49. The van der Waals surface area contributed by atoms with E-state index in [0.29, 0.717) is 16.1 Å². The van der Waals surface area contributed by atoms with Crippen LogP contribution in [0.25, 0.3) is 0 Å². The van der Waals surface area contributed by atoms with Crippen LogP contribution >= 0.6 is 11.6 Å². The third-order valence-electron chi connectivity index (χ3n) is 3.01. The van der Waals surface area contributed by atoms with Gasteiger partial charge in [-0.05, 0) is 49.2 Å². The van der Waals surface area contributed by atoms with Gasteiger partial charge in [0.05, 0.1) is 5.02 Å². The Balaban J connectivity index is 2.21.